The average molecular weight is 432 g/mol. The molecule has 1 aliphatic heterocycles. The zero-order valence-electron chi connectivity index (χ0n) is 18.6. The number of amides is 2. The lowest BCUT2D eigenvalue weighted by Crippen LogP contribution is -2.37. The molecule has 1 saturated heterocycles. The Morgan fingerprint density at radius 2 is 1.91 bits per heavy atom. The molecular weight excluding hydrogens is 402 g/mol. The first kappa shape index (κ1) is 21.8. The second-order valence-electron chi connectivity index (χ2n) is 8.40. The van der Waals surface area contributed by atoms with Gasteiger partial charge in [-0.25, -0.2) is 0 Å². The Morgan fingerprint density at radius 1 is 1.12 bits per heavy atom. The largest absolute Gasteiger partial charge is 0.361 e. The van der Waals surface area contributed by atoms with Gasteiger partial charge in [0.05, 0.1) is 11.6 Å². The monoisotopic (exact) mass is 431 g/mol. The van der Waals surface area contributed by atoms with Gasteiger partial charge in [0.1, 0.15) is 5.76 Å². The molecule has 166 valence electrons. The van der Waals surface area contributed by atoms with Crippen molar-refractivity contribution in [3.8, 4) is 11.1 Å². The maximum absolute atomic E-state index is 12.9. The summed E-state index contributed by atoms with van der Waals surface area (Å²) in [6, 6.07) is 18.5. The van der Waals surface area contributed by atoms with E-state index in [1.807, 2.05) is 49.1 Å². The van der Waals surface area contributed by atoms with Gasteiger partial charge in [-0.15, -0.1) is 0 Å². The molecule has 2 heterocycles. The maximum atomic E-state index is 12.9. The molecule has 1 aliphatic rings. The van der Waals surface area contributed by atoms with E-state index in [2.05, 4.69) is 34.7 Å². The summed E-state index contributed by atoms with van der Waals surface area (Å²) in [7, 11) is 0. The average Bonchev–Trinajstić information content (AvgIpc) is 3.01. The number of aromatic nitrogens is 1. The summed E-state index contributed by atoms with van der Waals surface area (Å²) in [5.74, 6) is 0.561. The van der Waals surface area contributed by atoms with E-state index in [1.165, 1.54) is 0 Å². The van der Waals surface area contributed by atoms with Crippen LogP contribution < -0.4 is 5.32 Å². The number of hydrogen-bond donors (Lipinski definition) is 1. The molecular formula is C26H29N3O3. The Labute approximate surface area is 188 Å². The minimum absolute atomic E-state index is 0.0103. The third kappa shape index (κ3) is 5.07. The zero-order chi connectivity index (χ0) is 22.5. The first-order valence-corrected chi connectivity index (χ1v) is 11.1. The van der Waals surface area contributed by atoms with Gasteiger partial charge in [-0.05, 0) is 43.4 Å². The topological polar surface area (TPSA) is 75.4 Å². The van der Waals surface area contributed by atoms with Crippen LogP contribution in [0.4, 0.5) is 0 Å². The molecule has 6 heteroatoms. The van der Waals surface area contributed by atoms with Crippen LogP contribution in [0.2, 0.25) is 0 Å². The van der Waals surface area contributed by atoms with Crippen LogP contribution in [-0.4, -0.2) is 41.5 Å². The third-order valence-corrected chi connectivity index (χ3v) is 6.13. The molecule has 3 aromatic rings. The summed E-state index contributed by atoms with van der Waals surface area (Å²) < 4.78 is 5.20. The lowest BCUT2D eigenvalue weighted by molar-refractivity contribution is -0.132. The summed E-state index contributed by atoms with van der Waals surface area (Å²) >= 11 is 0. The molecule has 1 atom stereocenters. The van der Waals surface area contributed by atoms with Gasteiger partial charge in [0.2, 0.25) is 11.8 Å². The Hall–Kier alpha value is -3.41. The molecule has 0 radical (unpaired) electrons. The van der Waals surface area contributed by atoms with Gasteiger partial charge in [0.25, 0.3) is 0 Å². The van der Waals surface area contributed by atoms with E-state index in [4.69, 9.17) is 4.52 Å². The minimum atomic E-state index is -0.272. The highest BCUT2D eigenvalue weighted by Crippen LogP contribution is 2.22. The lowest BCUT2D eigenvalue weighted by Gasteiger charge is -2.23. The highest BCUT2D eigenvalue weighted by Gasteiger charge is 2.28. The standard InChI is InChI=1S/C26H29N3O3/c1-18-24(19(2)32-28-18)11-12-25(30)29-14-13-27-26(31)23(17-29)16-20-7-6-10-22(15-20)21-8-4-3-5-9-21/h3-10,15,23H,11-14,16-17H2,1-2H3,(H,27,31). The van der Waals surface area contributed by atoms with E-state index in [0.717, 1.165) is 33.7 Å². The first-order valence-electron chi connectivity index (χ1n) is 11.1. The number of rotatable bonds is 6. The second-order valence-corrected chi connectivity index (χ2v) is 8.40. The molecule has 1 unspecified atom stereocenters. The van der Waals surface area contributed by atoms with E-state index in [9.17, 15) is 9.59 Å². The van der Waals surface area contributed by atoms with Gasteiger partial charge in [-0.2, -0.15) is 0 Å². The fourth-order valence-electron chi connectivity index (χ4n) is 4.32. The van der Waals surface area contributed by atoms with Gasteiger partial charge in [-0.1, -0.05) is 59.8 Å². The Bertz CT molecular complexity index is 1070. The molecule has 2 aromatic carbocycles. The maximum Gasteiger partial charge on any atom is 0.225 e. The number of aryl methyl sites for hydroxylation is 2. The molecule has 6 nitrogen and oxygen atoms in total. The zero-order valence-corrected chi connectivity index (χ0v) is 18.6. The van der Waals surface area contributed by atoms with Crippen LogP contribution in [0, 0.1) is 19.8 Å². The van der Waals surface area contributed by atoms with Crippen molar-refractivity contribution in [3.05, 3.63) is 77.2 Å². The lowest BCUT2D eigenvalue weighted by atomic mass is 9.95. The van der Waals surface area contributed by atoms with Crippen molar-refractivity contribution in [1.29, 1.82) is 0 Å². The summed E-state index contributed by atoms with van der Waals surface area (Å²) in [6.07, 6.45) is 1.58. The van der Waals surface area contributed by atoms with E-state index >= 15 is 0 Å². The van der Waals surface area contributed by atoms with E-state index in [0.29, 0.717) is 38.9 Å². The SMILES string of the molecule is Cc1noc(C)c1CCC(=O)N1CCNC(=O)C(Cc2cccc(-c3ccccc3)c2)C1. The van der Waals surface area contributed by atoms with Crippen molar-refractivity contribution in [2.24, 2.45) is 5.92 Å². The summed E-state index contributed by atoms with van der Waals surface area (Å²) in [6.45, 7) is 5.21. The third-order valence-electron chi connectivity index (χ3n) is 6.13. The van der Waals surface area contributed by atoms with Crippen molar-refractivity contribution in [2.75, 3.05) is 19.6 Å². The van der Waals surface area contributed by atoms with Gasteiger partial charge in [0.15, 0.2) is 0 Å². The smallest absolute Gasteiger partial charge is 0.225 e. The normalized spacial score (nSPS) is 16.5. The van der Waals surface area contributed by atoms with Gasteiger partial charge in [-0.3, -0.25) is 9.59 Å². The number of benzene rings is 2. The molecule has 1 aromatic heterocycles. The van der Waals surface area contributed by atoms with Crippen LogP contribution in [0.3, 0.4) is 0 Å². The molecule has 0 saturated carbocycles. The quantitative estimate of drug-likeness (QED) is 0.646. The van der Waals surface area contributed by atoms with Crippen LogP contribution in [0.15, 0.2) is 59.1 Å². The number of hydrogen-bond acceptors (Lipinski definition) is 4. The summed E-state index contributed by atoms with van der Waals surface area (Å²) in [5, 5.41) is 6.94. The Balaban J connectivity index is 1.43. The molecule has 32 heavy (non-hydrogen) atoms. The first-order chi connectivity index (χ1) is 15.5. The van der Waals surface area contributed by atoms with Crippen LogP contribution in [0.25, 0.3) is 11.1 Å². The summed E-state index contributed by atoms with van der Waals surface area (Å²) in [5.41, 5.74) is 5.20. The van der Waals surface area contributed by atoms with Crippen molar-refractivity contribution in [1.82, 2.24) is 15.4 Å². The second kappa shape index (κ2) is 9.81. The van der Waals surface area contributed by atoms with Crippen molar-refractivity contribution >= 4 is 11.8 Å². The number of carbonyl (C=O) groups excluding carboxylic acids is 2. The van der Waals surface area contributed by atoms with Gasteiger partial charge >= 0.3 is 0 Å². The highest BCUT2D eigenvalue weighted by atomic mass is 16.5. The van der Waals surface area contributed by atoms with Crippen LogP contribution in [0.1, 0.15) is 29.0 Å². The predicted octanol–water partition coefficient (Wildman–Crippen LogP) is 3.71. The van der Waals surface area contributed by atoms with Crippen molar-refractivity contribution < 1.29 is 14.1 Å². The number of carbonyl (C=O) groups is 2. The molecule has 4 rings (SSSR count). The molecule has 0 spiro atoms. The Morgan fingerprint density at radius 3 is 2.66 bits per heavy atom. The number of nitrogens with zero attached hydrogens (tertiary/aromatic N) is 2. The van der Waals surface area contributed by atoms with E-state index < -0.39 is 0 Å². The molecule has 0 aliphatic carbocycles. The summed E-state index contributed by atoms with van der Waals surface area (Å²) in [4.78, 5) is 27.5. The molecule has 1 N–H and O–H groups in total. The van der Waals surface area contributed by atoms with Crippen LogP contribution in [-0.2, 0) is 22.4 Å². The van der Waals surface area contributed by atoms with Gasteiger partial charge in [0, 0.05) is 31.6 Å². The van der Waals surface area contributed by atoms with Crippen LogP contribution in [0.5, 0.6) is 0 Å². The number of nitrogens with one attached hydrogen (secondary N) is 1. The van der Waals surface area contributed by atoms with Crippen molar-refractivity contribution in [2.45, 2.75) is 33.1 Å². The molecule has 1 fully saturated rings. The fraction of sp³-hybridized carbons (Fsp3) is 0.346. The fourth-order valence-corrected chi connectivity index (χ4v) is 4.32. The predicted molar refractivity (Wildman–Crippen MR) is 123 cm³/mol. The minimum Gasteiger partial charge on any atom is -0.361 e. The van der Waals surface area contributed by atoms with Crippen molar-refractivity contribution in [3.63, 3.8) is 0 Å². The molecule has 0 bridgehead atoms. The van der Waals surface area contributed by atoms with E-state index in [1.54, 1.807) is 0 Å². The highest BCUT2D eigenvalue weighted by molar-refractivity contribution is 5.82. The Kier molecular flexibility index (Phi) is 6.69. The molecule has 2 amide bonds. The van der Waals surface area contributed by atoms with Crippen LogP contribution >= 0.6 is 0 Å². The van der Waals surface area contributed by atoms with Gasteiger partial charge < -0.3 is 14.7 Å². The van der Waals surface area contributed by atoms with E-state index in [-0.39, 0.29) is 17.7 Å².